The first kappa shape index (κ1) is 51.1. The number of fused-ring (bicyclic) bond motifs is 5. The molecular weight excluding hydrogens is 844 g/mol. The van der Waals surface area contributed by atoms with Crippen LogP contribution < -0.4 is 0 Å². The monoisotopic (exact) mass is 923 g/mol. The van der Waals surface area contributed by atoms with E-state index >= 15 is 0 Å². The van der Waals surface area contributed by atoms with Crippen molar-refractivity contribution in [2.45, 2.75) is 196 Å². The predicted molar refractivity (Wildman–Crippen MR) is 221 cm³/mol. The van der Waals surface area contributed by atoms with Gasteiger partial charge in [-0.15, -0.1) is 0 Å². The highest BCUT2D eigenvalue weighted by atomic mass is 16.7. The van der Waals surface area contributed by atoms with Crippen LogP contribution in [-0.2, 0) is 33.2 Å². The molecule has 7 aliphatic rings. The van der Waals surface area contributed by atoms with E-state index in [0.29, 0.717) is 32.1 Å². The van der Waals surface area contributed by atoms with Crippen molar-refractivity contribution < 1.29 is 94.4 Å². The van der Waals surface area contributed by atoms with Gasteiger partial charge in [-0.3, -0.25) is 0 Å². The Morgan fingerprint density at radius 2 is 1.17 bits per heavy atom. The van der Waals surface area contributed by atoms with Crippen LogP contribution in [0.3, 0.4) is 0 Å². The van der Waals surface area contributed by atoms with Crippen LogP contribution in [0.5, 0.6) is 0 Å². The van der Waals surface area contributed by atoms with Crippen molar-refractivity contribution in [3.05, 3.63) is 0 Å². The van der Waals surface area contributed by atoms with E-state index in [1.807, 2.05) is 6.92 Å². The van der Waals surface area contributed by atoms with Crippen molar-refractivity contribution in [3.8, 4) is 0 Å². The van der Waals surface area contributed by atoms with E-state index in [-0.39, 0.29) is 62.4 Å². The highest BCUT2D eigenvalue weighted by Gasteiger charge is 2.73. The molecule has 19 nitrogen and oxygen atoms in total. The van der Waals surface area contributed by atoms with Gasteiger partial charge in [0.2, 0.25) is 0 Å². The largest absolute Gasteiger partial charge is 0.393 e. The molecule has 4 aliphatic carbocycles. The first-order valence-corrected chi connectivity index (χ1v) is 23.6. The SMILES string of the molecule is CO[C@@H]1[C@@H](O)[C@H](O[C@@H]2CO[C@@H](O[C@@H]3CO[C@@H](OCC[C@@H](CC[C@@H](C)[C@H]4[C@@H](O)[C@@H](O)[C@@H]5[C@]4(C)CCC4[C@@]6(C)CC[C@H](O)[C@H](O)C6[C@@H](O)C[C@]45O)C(C)C)[C@H](O)[C@H]3O)[C@H](O)[C@H]2O)OC[C@H]1O. The maximum Gasteiger partial charge on any atom is 0.186 e. The lowest BCUT2D eigenvalue weighted by Gasteiger charge is -2.66. The molecule has 4 saturated carbocycles. The normalized spacial score (nSPS) is 53.0. The quantitative estimate of drug-likeness (QED) is 0.0908. The fourth-order valence-electron chi connectivity index (χ4n) is 14.0. The number of aliphatic hydroxyl groups is 12. The summed E-state index contributed by atoms with van der Waals surface area (Å²) >= 11 is 0. The van der Waals surface area contributed by atoms with Gasteiger partial charge in [0.05, 0.1) is 62.5 Å². The minimum absolute atomic E-state index is 0.0373. The topological polar surface area (TPSA) is 307 Å². The minimum Gasteiger partial charge on any atom is -0.393 e. The van der Waals surface area contributed by atoms with E-state index in [2.05, 4.69) is 27.7 Å². The highest BCUT2D eigenvalue weighted by molar-refractivity contribution is 5.22. The summed E-state index contributed by atoms with van der Waals surface area (Å²) < 4.78 is 39.2. The van der Waals surface area contributed by atoms with Crippen molar-refractivity contribution in [2.75, 3.05) is 33.5 Å². The molecule has 3 heterocycles. The van der Waals surface area contributed by atoms with Crippen molar-refractivity contribution in [3.63, 3.8) is 0 Å². The molecule has 0 bridgehead atoms. The van der Waals surface area contributed by atoms with E-state index in [1.165, 1.54) is 7.11 Å². The Morgan fingerprint density at radius 1 is 0.594 bits per heavy atom. The van der Waals surface area contributed by atoms with Gasteiger partial charge in [-0.05, 0) is 78.9 Å². The van der Waals surface area contributed by atoms with Gasteiger partial charge in [-0.25, -0.2) is 0 Å². The van der Waals surface area contributed by atoms with Crippen LogP contribution in [0.4, 0.5) is 0 Å². The molecule has 0 radical (unpaired) electrons. The van der Waals surface area contributed by atoms with Gasteiger partial charge in [-0.2, -0.15) is 0 Å². The third kappa shape index (κ3) is 9.10. The van der Waals surface area contributed by atoms with Gasteiger partial charge in [0.1, 0.15) is 54.9 Å². The molecule has 0 aromatic carbocycles. The lowest BCUT2D eigenvalue weighted by molar-refractivity contribution is -0.349. The van der Waals surface area contributed by atoms with Gasteiger partial charge >= 0.3 is 0 Å². The molecule has 64 heavy (non-hydrogen) atoms. The minimum atomic E-state index is -1.66. The molecule has 0 aromatic heterocycles. The highest BCUT2D eigenvalue weighted by Crippen LogP contribution is 2.70. The molecule has 3 saturated heterocycles. The van der Waals surface area contributed by atoms with Crippen LogP contribution in [-0.4, -0.2) is 205 Å². The van der Waals surface area contributed by atoms with Crippen LogP contribution in [0, 0.1) is 52.3 Å². The van der Waals surface area contributed by atoms with Crippen LogP contribution in [0.2, 0.25) is 0 Å². The van der Waals surface area contributed by atoms with Crippen LogP contribution >= 0.6 is 0 Å². The zero-order valence-corrected chi connectivity index (χ0v) is 38.1. The summed E-state index contributed by atoms with van der Waals surface area (Å²) in [5.41, 5.74) is -2.75. The van der Waals surface area contributed by atoms with E-state index in [1.54, 1.807) is 0 Å². The molecule has 12 N–H and O–H groups in total. The third-order valence-corrected chi connectivity index (χ3v) is 17.4. The number of rotatable bonds is 14. The molecule has 2 unspecified atom stereocenters. The summed E-state index contributed by atoms with van der Waals surface area (Å²) in [6, 6.07) is 0. The summed E-state index contributed by atoms with van der Waals surface area (Å²) in [7, 11) is 1.31. The zero-order chi connectivity index (χ0) is 46.8. The zero-order valence-electron chi connectivity index (χ0n) is 38.1. The van der Waals surface area contributed by atoms with Gasteiger partial charge in [0, 0.05) is 25.4 Å². The number of aliphatic hydroxyl groups excluding tert-OH is 11. The Morgan fingerprint density at radius 3 is 1.80 bits per heavy atom. The third-order valence-electron chi connectivity index (χ3n) is 17.4. The fraction of sp³-hybridized carbons (Fsp3) is 1.00. The first-order chi connectivity index (χ1) is 30.1. The average Bonchev–Trinajstić information content (AvgIpc) is 3.44. The molecule has 0 aromatic rings. The van der Waals surface area contributed by atoms with Crippen molar-refractivity contribution >= 4 is 0 Å². The maximum absolute atomic E-state index is 12.7. The molecule has 7 fully saturated rings. The van der Waals surface area contributed by atoms with Crippen molar-refractivity contribution in [2.24, 2.45) is 52.3 Å². The summed E-state index contributed by atoms with van der Waals surface area (Å²) in [5.74, 6) is -1.57. The van der Waals surface area contributed by atoms with Crippen molar-refractivity contribution in [1.82, 2.24) is 0 Å². The number of hydrogen-bond donors (Lipinski definition) is 12. The Labute approximate surface area is 375 Å². The van der Waals surface area contributed by atoms with E-state index in [4.69, 9.17) is 33.2 Å². The van der Waals surface area contributed by atoms with Gasteiger partial charge in [0.25, 0.3) is 0 Å². The number of methoxy groups -OCH3 is 1. The summed E-state index contributed by atoms with van der Waals surface area (Å²) in [6.45, 7) is 9.85. The lowest BCUT2D eigenvalue weighted by atomic mass is 9.41. The van der Waals surface area contributed by atoms with Crippen LogP contribution in [0.1, 0.15) is 86.0 Å². The maximum atomic E-state index is 12.7. The van der Waals surface area contributed by atoms with E-state index in [9.17, 15) is 61.3 Å². The molecule has 26 atom stereocenters. The number of hydrogen-bond acceptors (Lipinski definition) is 19. The van der Waals surface area contributed by atoms with Crippen LogP contribution in [0.15, 0.2) is 0 Å². The van der Waals surface area contributed by atoms with Crippen molar-refractivity contribution in [1.29, 1.82) is 0 Å². The molecule has 19 heteroatoms. The molecular formula is C45H78O19. The Bertz CT molecular complexity index is 1530. The fourth-order valence-corrected chi connectivity index (χ4v) is 14.0. The van der Waals surface area contributed by atoms with E-state index < -0.39 is 133 Å². The summed E-state index contributed by atoms with van der Waals surface area (Å²) in [6.07, 6.45) is -17.1. The lowest BCUT2D eigenvalue weighted by Crippen LogP contribution is -2.71. The van der Waals surface area contributed by atoms with Gasteiger partial charge < -0.3 is 94.4 Å². The Kier molecular flexibility index (Phi) is 15.9. The Hall–Kier alpha value is -0.760. The first-order valence-electron chi connectivity index (χ1n) is 23.6. The predicted octanol–water partition coefficient (Wildman–Crippen LogP) is -1.88. The Balaban J connectivity index is 0.887. The molecule has 0 amide bonds. The second-order valence-corrected chi connectivity index (χ2v) is 21.4. The smallest absolute Gasteiger partial charge is 0.186 e. The second-order valence-electron chi connectivity index (χ2n) is 21.4. The molecule has 3 aliphatic heterocycles. The summed E-state index contributed by atoms with van der Waals surface area (Å²) in [5, 5.41) is 133. The van der Waals surface area contributed by atoms with Crippen LogP contribution in [0.25, 0.3) is 0 Å². The van der Waals surface area contributed by atoms with Gasteiger partial charge in [0.15, 0.2) is 18.9 Å². The number of ether oxygens (including phenoxy) is 7. The standard InChI is InChI=1S/C45H78O19/c1-19(2)21(8-7-20(3)28-33(52)34(53)39-44(28,5)13-10-27-43(4)12-9-22(46)30(49)29(43)23(47)15-45(27,39)57)11-14-59-40-35(54)31(50)25(17-61-40)63-41-36(55)32(51)26(18-62-41)64-42-37(56)38(58-6)24(48)16-60-42/h19-42,46-57H,7-18H2,1-6H3/t20-,21-,22+,23+,24-,25-,26-,27?,28+,29?,30+,31+,32+,33-,34-,35-,36-,37-,38+,39-,40-,41+,42+,43-,44-,45+/m1/s1. The van der Waals surface area contributed by atoms with Gasteiger partial charge in [-0.1, -0.05) is 41.0 Å². The molecule has 372 valence electrons. The average molecular weight is 923 g/mol. The second kappa shape index (κ2) is 19.9. The molecule has 0 spiro atoms. The van der Waals surface area contributed by atoms with E-state index in [0.717, 1.165) is 12.8 Å². The molecule has 7 rings (SSSR count). The summed E-state index contributed by atoms with van der Waals surface area (Å²) in [4.78, 5) is 0.